The predicted molar refractivity (Wildman–Crippen MR) is 98.6 cm³/mol. The summed E-state index contributed by atoms with van der Waals surface area (Å²) in [6.07, 6.45) is 0.600. The predicted octanol–water partition coefficient (Wildman–Crippen LogP) is 3.76. The summed E-state index contributed by atoms with van der Waals surface area (Å²) in [4.78, 5) is 12.0. The standard InChI is InChI=1S/C18H16ClFN2O4S/c1-22(14-6-4-13(20)5-7-14)27(24,25)15-8-9-17(19)16(12-15)18(23)26-11-3-2-10-21/h4-9,12H,2-3,11H2,1H3. The van der Waals surface area contributed by atoms with Crippen molar-refractivity contribution >= 4 is 33.3 Å². The zero-order chi connectivity index (χ0) is 20.0. The van der Waals surface area contributed by atoms with Crippen LogP contribution in [0.1, 0.15) is 23.2 Å². The van der Waals surface area contributed by atoms with Gasteiger partial charge >= 0.3 is 5.97 Å². The number of rotatable bonds is 7. The van der Waals surface area contributed by atoms with Gasteiger partial charge in [-0.25, -0.2) is 17.6 Å². The van der Waals surface area contributed by atoms with Crippen LogP contribution >= 0.6 is 11.6 Å². The number of halogens is 2. The fourth-order valence-corrected chi connectivity index (χ4v) is 3.58. The monoisotopic (exact) mass is 410 g/mol. The first-order chi connectivity index (χ1) is 12.8. The van der Waals surface area contributed by atoms with E-state index in [2.05, 4.69) is 0 Å². The summed E-state index contributed by atoms with van der Waals surface area (Å²) in [5.74, 6) is -1.27. The maximum absolute atomic E-state index is 13.1. The summed E-state index contributed by atoms with van der Waals surface area (Å²) >= 11 is 5.99. The van der Waals surface area contributed by atoms with Crippen LogP contribution in [0, 0.1) is 17.1 Å². The molecule has 142 valence electrons. The van der Waals surface area contributed by atoms with Gasteiger partial charge in [0.2, 0.25) is 0 Å². The molecule has 2 aromatic carbocycles. The fraction of sp³-hybridized carbons (Fsp3) is 0.222. The Labute approximate surface area is 161 Å². The molecule has 0 saturated carbocycles. The van der Waals surface area contributed by atoms with Crippen LogP contribution in [0.2, 0.25) is 5.02 Å². The highest BCUT2D eigenvalue weighted by molar-refractivity contribution is 7.92. The van der Waals surface area contributed by atoms with Crippen molar-refractivity contribution in [1.82, 2.24) is 0 Å². The highest BCUT2D eigenvalue weighted by Crippen LogP contribution is 2.26. The number of carbonyl (C=O) groups excluding carboxylic acids is 1. The average molecular weight is 411 g/mol. The number of hydrogen-bond acceptors (Lipinski definition) is 5. The number of anilines is 1. The molecule has 0 aromatic heterocycles. The van der Waals surface area contributed by atoms with Gasteiger partial charge in [-0.05, 0) is 48.9 Å². The molecule has 27 heavy (non-hydrogen) atoms. The van der Waals surface area contributed by atoms with Crippen LogP contribution in [0.25, 0.3) is 0 Å². The number of sulfonamides is 1. The Morgan fingerprint density at radius 2 is 1.93 bits per heavy atom. The van der Waals surface area contributed by atoms with Gasteiger partial charge in [0.1, 0.15) is 5.82 Å². The topological polar surface area (TPSA) is 87.5 Å². The Morgan fingerprint density at radius 1 is 1.26 bits per heavy atom. The summed E-state index contributed by atoms with van der Waals surface area (Å²) in [5, 5.41) is 8.52. The van der Waals surface area contributed by atoms with E-state index in [0.717, 1.165) is 22.5 Å². The smallest absolute Gasteiger partial charge is 0.339 e. The van der Waals surface area contributed by atoms with E-state index in [1.807, 2.05) is 6.07 Å². The van der Waals surface area contributed by atoms with Crippen molar-refractivity contribution in [2.24, 2.45) is 0 Å². The maximum Gasteiger partial charge on any atom is 0.339 e. The summed E-state index contributed by atoms with van der Waals surface area (Å²) in [5.41, 5.74) is 0.161. The van der Waals surface area contributed by atoms with Gasteiger partial charge in [-0.1, -0.05) is 11.6 Å². The Balaban J connectivity index is 2.28. The molecule has 0 N–H and O–H groups in total. The molecule has 0 aliphatic rings. The molecule has 0 amide bonds. The largest absolute Gasteiger partial charge is 0.462 e. The number of nitriles is 1. The van der Waals surface area contributed by atoms with Crippen molar-refractivity contribution in [2.45, 2.75) is 17.7 Å². The Kier molecular flexibility index (Phi) is 6.77. The van der Waals surface area contributed by atoms with Gasteiger partial charge in [-0.3, -0.25) is 4.31 Å². The van der Waals surface area contributed by atoms with Crippen molar-refractivity contribution in [1.29, 1.82) is 5.26 Å². The molecule has 2 aromatic rings. The third kappa shape index (κ3) is 4.96. The molecular formula is C18H16ClFN2O4S. The van der Waals surface area contributed by atoms with Crippen LogP contribution in [0.15, 0.2) is 47.4 Å². The van der Waals surface area contributed by atoms with E-state index in [4.69, 9.17) is 21.6 Å². The second-order valence-electron chi connectivity index (χ2n) is 5.49. The van der Waals surface area contributed by atoms with E-state index in [9.17, 15) is 17.6 Å². The Bertz CT molecular complexity index is 972. The second kappa shape index (κ2) is 8.84. The first-order valence-corrected chi connectivity index (χ1v) is 9.67. The van der Waals surface area contributed by atoms with Crippen molar-refractivity contribution < 1.29 is 22.3 Å². The third-order valence-electron chi connectivity index (χ3n) is 3.67. The second-order valence-corrected chi connectivity index (χ2v) is 7.86. The van der Waals surface area contributed by atoms with Gasteiger partial charge in [0.15, 0.2) is 0 Å². The van der Waals surface area contributed by atoms with E-state index < -0.39 is 21.8 Å². The van der Waals surface area contributed by atoms with Crippen LogP contribution in [-0.4, -0.2) is 28.0 Å². The van der Waals surface area contributed by atoms with E-state index in [1.165, 1.54) is 31.3 Å². The van der Waals surface area contributed by atoms with Crippen LogP contribution in [0.5, 0.6) is 0 Å². The normalized spacial score (nSPS) is 10.9. The van der Waals surface area contributed by atoms with Crippen LogP contribution in [-0.2, 0) is 14.8 Å². The number of nitrogens with zero attached hydrogens (tertiary/aromatic N) is 2. The maximum atomic E-state index is 13.1. The lowest BCUT2D eigenvalue weighted by molar-refractivity contribution is 0.0501. The van der Waals surface area contributed by atoms with Gasteiger partial charge in [0.05, 0.1) is 33.8 Å². The molecule has 0 spiro atoms. The third-order valence-corrected chi connectivity index (χ3v) is 5.78. The lowest BCUT2D eigenvalue weighted by Crippen LogP contribution is -2.26. The van der Waals surface area contributed by atoms with E-state index in [-0.39, 0.29) is 34.2 Å². The van der Waals surface area contributed by atoms with Gasteiger partial charge in [-0.2, -0.15) is 5.26 Å². The molecule has 0 atom stereocenters. The molecule has 0 radical (unpaired) electrons. The molecule has 0 heterocycles. The van der Waals surface area contributed by atoms with Gasteiger partial charge in [0, 0.05) is 13.5 Å². The summed E-state index contributed by atoms with van der Waals surface area (Å²) in [7, 11) is -2.69. The molecule has 9 heteroatoms. The molecule has 0 aliphatic carbocycles. The summed E-state index contributed by atoms with van der Waals surface area (Å²) < 4.78 is 44.6. The highest BCUT2D eigenvalue weighted by Gasteiger charge is 2.24. The lowest BCUT2D eigenvalue weighted by atomic mass is 10.2. The number of ether oxygens (including phenoxy) is 1. The minimum absolute atomic E-state index is 0.0230. The molecule has 0 saturated heterocycles. The van der Waals surface area contributed by atoms with Crippen molar-refractivity contribution in [3.8, 4) is 6.07 Å². The lowest BCUT2D eigenvalue weighted by Gasteiger charge is -2.20. The Morgan fingerprint density at radius 3 is 2.56 bits per heavy atom. The molecule has 6 nitrogen and oxygen atoms in total. The van der Waals surface area contributed by atoms with Gasteiger partial charge < -0.3 is 4.74 Å². The zero-order valence-corrected chi connectivity index (χ0v) is 15.9. The number of benzene rings is 2. The quantitative estimate of drug-likeness (QED) is 0.512. The molecule has 0 aliphatic heterocycles. The first-order valence-electron chi connectivity index (χ1n) is 7.85. The minimum atomic E-state index is -4.01. The molecular weight excluding hydrogens is 395 g/mol. The number of esters is 1. The molecule has 0 unspecified atom stereocenters. The van der Waals surface area contributed by atoms with Crippen molar-refractivity contribution in [3.05, 3.63) is 58.9 Å². The van der Waals surface area contributed by atoms with Gasteiger partial charge in [-0.15, -0.1) is 0 Å². The number of carbonyl (C=O) groups is 1. The molecule has 2 rings (SSSR count). The van der Waals surface area contributed by atoms with Gasteiger partial charge in [0.25, 0.3) is 10.0 Å². The SMILES string of the molecule is CN(c1ccc(F)cc1)S(=O)(=O)c1ccc(Cl)c(C(=O)OCCCC#N)c1. The average Bonchev–Trinajstić information content (AvgIpc) is 2.65. The van der Waals surface area contributed by atoms with E-state index in [1.54, 1.807) is 0 Å². The summed E-state index contributed by atoms with van der Waals surface area (Å²) in [6.45, 7) is 0.0230. The Hall–Kier alpha value is -2.63. The number of unbranched alkanes of at least 4 members (excludes halogenated alkanes) is 1. The minimum Gasteiger partial charge on any atom is -0.462 e. The number of hydrogen-bond donors (Lipinski definition) is 0. The fourth-order valence-electron chi connectivity index (χ4n) is 2.16. The van der Waals surface area contributed by atoms with E-state index >= 15 is 0 Å². The van der Waals surface area contributed by atoms with Crippen LogP contribution < -0.4 is 4.31 Å². The van der Waals surface area contributed by atoms with Crippen molar-refractivity contribution in [3.63, 3.8) is 0 Å². The highest BCUT2D eigenvalue weighted by atomic mass is 35.5. The zero-order valence-electron chi connectivity index (χ0n) is 14.4. The van der Waals surface area contributed by atoms with Crippen LogP contribution in [0.3, 0.4) is 0 Å². The summed E-state index contributed by atoms with van der Waals surface area (Å²) in [6, 6.07) is 10.6. The van der Waals surface area contributed by atoms with Crippen molar-refractivity contribution in [2.75, 3.05) is 18.0 Å². The van der Waals surface area contributed by atoms with Crippen LogP contribution in [0.4, 0.5) is 10.1 Å². The first kappa shape index (κ1) is 20.7. The van der Waals surface area contributed by atoms with E-state index in [0.29, 0.717) is 6.42 Å². The molecule has 0 fully saturated rings. The molecule has 0 bridgehead atoms.